The lowest BCUT2D eigenvalue weighted by Gasteiger charge is -1.99. The molecule has 2 heteroatoms. The molecular weight excluding hydrogens is 160 g/mol. The number of hydrogen-bond acceptors (Lipinski definition) is 0. The van der Waals surface area contributed by atoms with Gasteiger partial charge in [0.15, 0.2) is 0 Å². The van der Waals surface area contributed by atoms with E-state index in [1.165, 1.54) is 19.3 Å². The Morgan fingerprint density at radius 1 is 1.50 bits per heavy atom. The van der Waals surface area contributed by atoms with Gasteiger partial charge in [-0.25, -0.2) is 0 Å². The van der Waals surface area contributed by atoms with E-state index in [2.05, 4.69) is 20.4 Å². The molecule has 0 amide bonds. The van der Waals surface area contributed by atoms with Gasteiger partial charge >= 0.3 is 0 Å². The van der Waals surface area contributed by atoms with Crippen molar-refractivity contribution >= 4 is 20.6 Å². The molecule has 0 nitrogen and oxygen atoms in total. The second kappa shape index (κ2) is 12.0. The quantitative estimate of drug-likeness (QED) is 0.269. The van der Waals surface area contributed by atoms with E-state index in [4.69, 9.17) is 11.1 Å². The van der Waals surface area contributed by atoms with Crippen molar-refractivity contribution < 1.29 is 0 Å². The van der Waals surface area contributed by atoms with Crippen LogP contribution in [0.2, 0.25) is 0 Å². The highest BCUT2D eigenvalue weighted by Crippen LogP contribution is 2.05. The van der Waals surface area contributed by atoms with Crippen molar-refractivity contribution in [2.24, 2.45) is 5.92 Å². The predicted octanol–water partition coefficient (Wildman–Crippen LogP) is 2.50. The van der Waals surface area contributed by atoms with E-state index in [0.29, 0.717) is 0 Å². The fourth-order valence-electron chi connectivity index (χ4n) is 0.670. The first kappa shape index (κ1) is 12.9. The van der Waals surface area contributed by atoms with Crippen molar-refractivity contribution in [3.63, 3.8) is 0 Å². The van der Waals surface area contributed by atoms with E-state index in [9.17, 15) is 0 Å². The minimum absolute atomic E-state index is 0.778. The zero-order chi connectivity index (χ0) is 8.41. The van der Waals surface area contributed by atoms with Crippen LogP contribution in [0.5, 0.6) is 0 Å². The zero-order valence-corrected chi connectivity index (χ0v) is 10.1. The minimum atomic E-state index is 0.778. The van der Waals surface area contributed by atoms with E-state index in [1.54, 1.807) is 0 Å². The number of rotatable bonds is 4. The summed E-state index contributed by atoms with van der Waals surface area (Å²) in [6.07, 6.45) is 5.81. The Hall–Kier alpha value is 0.247. The highest BCUT2D eigenvalue weighted by atomic mass is 35.6. The molecule has 0 unspecified atom stereocenters. The summed E-state index contributed by atoms with van der Waals surface area (Å²) in [4.78, 5) is 0. The third-order valence-electron chi connectivity index (χ3n) is 1.19. The molecule has 0 fully saturated rings. The Balaban J connectivity index is 0. The van der Waals surface area contributed by atoms with Gasteiger partial charge in [-0.1, -0.05) is 26.3 Å². The highest BCUT2D eigenvalue weighted by molar-refractivity contribution is 6.80. The summed E-state index contributed by atoms with van der Waals surface area (Å²) in [6.45, 7) is 8.16. The van der Waals surface area contributed by atoms with Crippen LogP contribution in [-0.4, -0.2) is 9.55 Å². The Morgan fingerprint density at radius 2 is 2.00 bits per heavy atom. The van der Waals surface area contributed by atoms with E-state index < -0.39 is 0 Å². The molecule has 0 spiro atoms. The average Bonchev–Trinajstić information content (AvgIpc) is 1.92. The maximum absolute atomic E-state index is 4.78. The molecule has 0 N–H and O–H groups in total. The lowest BCUT2D eigenvalue weighted by molar-refractivity contribution is 0.560. The molecule has 62 valence electrons. The van der Waals surface area contributed by atoms with Crippen LogP contribution in [-0.2, 0) is 0 Å². The van der Waals surface area contributed by atoms with Gasteiger partial charge in [-0.3, -0.25) is 0 Å². The molecule has 0 aromatic rings. The second-order valence-corrected chi connectivity index (χ2v) is 2.61. The monoisotopic (exact) mass is 178 g/mol. The van der Waals surface area contributed by atoms with Crippen LogP contribution in [0.4, 0.5) is 0 Å². The molecule has 0 rings (SSSR count). The van der Waals surface area contributed by atoms with E-state index in [-0.39, 0.29) is 0 Å². The first-order chi connectivity index (χ1) is 4.77. The van der Waals surface area contributed by atoms with Crippen molar-refractivity contribution in [1.82, 2.24) is 0 Å². The Morgan fingerprint density at radius 3 is 2.30 bits per heavy atom. The second-order valence-electron chi connectivity index (χ2n) is 2.61. The smallest absolute Gasteiger partial charge is 0.109 e. The van der Waals surface area contributed by atoms with Gasteiger partial charge in [-0.2, -0.15) is 11.1 Å². The summed E-state index contributed by atoms with van der Waals surface area (Å²) in [5, 5.41) is 0. The SMILES string of the molecule is C=CCCCC(C)C.[SiH3]Cl. The highest BCUT2D eigenvalue weighted by Gasteiger charge is 1.89. The molecule has 0 aliphatic rings. The summed E-state index contributed by atoms with van der Waals surface area (Å²) in [5.41, 5.74) is 0. The molecule has 0 saturated carbocycles. The number of hydrogen-bond donors (Lipinski definition) is 0. The molecule has 0 aromatic heterocycles. The Kier molecular flexibility index (Phi) is 15.4. The fourth-order valence-corrected chi connectivity index (χ4v) is 0.670. The molecule has 0 heterocycles. The fraction of sp³-hybridized carbons (Fsp3) is 0.750. The van der Waals surface area contributed by atoms with Crippen molar-refractivity contribution in [2.45, 2.75) is 33.1 Å². The third kappa shape index (κ3) is 15.7. The molecule has 0 aliphatic carbocycles. The van der Waals surface area contributed by atoms with Crippen molar-refractivity contribution in [2.75, 3.05) is 0 Å². The standard InChI is InChI=1S/C8H16.ClH3Si/c1-4-5-6-7-8(2)3;1-2/h4,8H,1,5-7H2,2-3H3;2H3. The molecule has 0 radical (unpaired) electrons. The molecule has 10 heavy (non-hydrogen) atoms. The lowest BCUT2D eigenvalue weighted by Crippen LogP contribution is -1.84. The summed E-state index contributed by atoms with van der Waals surface area (Å²) in [6, 6.07) is 0. The van der Waals surface area contributed by atoms with Gasteiger partial charge in [-0.05, 0) is 18.8 Å². The van der Waals surface area contributed by atoms with Gasteiger partial charge in [-0.15, -0.1) is 6.58 Å². The van der Waals surface area contributed by atoms with Gasteiger partial charge in [0.2, 0.25) is 0 Å². The summed E-state index contributed by atoms with van der Waals surface area (Å²) in [5.74, 6) is 0.856. The van der Waals surface area contributed by atoms with E-state index >= 15 is 0 Å². The molecular formula is C8H19ClSi. The molecule has 0 aromatic carbocycles. The van der Waals surface area contributed by atoms with Gasteiger partial charge in [0.05, 0.1) is 0 Å². The topological polar surface area (TPSA) is 0 Å². The largest absolute Gasteiger partial charge is 0.181 e. The molecule has 0 aliphatic heterocycles. The summed E-state index contributed by atoms with van der Waals surface area (Å²) in [7, 11) is 0.778. The van der Waals surface area contributed by atoms with Gasteiger partial charge in [0.1, 0.15) is 9.55 Å². The van der Waals surface area contributed by atoms with E-state index in [1.807, 2.05) is 6.08 Å². The van der Waals surface area contributed by atoms with Crippen LogP contribution >= 0.6 is 11.1 Å². The van der Waals surface area contributed by atoms with Crippen LogP contribution in [0, 0.1) is 5.92 Å². The van der Waals surface area contributed by atoms with Crippen molar-refractivity contribution in [3.8, 4) is 0 Å². The van der Waals surface area contributed by atoms with Crippen LogP contribution in [0.1, 0.15) is 33.1 Å². The average molecular weight is 179 g/mol. The first-order valence-electron chi connectivity index (χ1n) is 3.76. The van der Waals surface area contributed by atoms with Crippen molar-refractivity contribution in [1.29, 1.82) is 0 Å². The van der Waals surface area contributed by atoms with Crippen LogP contribution in [0.15, 0.2) is 12.7 Å². The number of halogens is 1. The number of unbranched alkanes of at least 4 members (excludes halogenated alkanes) is 1. The maximum Gasteiger partial charge on any atom is 0.109 e. The van der Waals surface area contributed by atoms with Gasteiger partial charge in [0.25, 0.3) is 0 Å². The Bertz CT molecular complexity index is 62.3. The summed E-state index contributed by atoms with van der Waals surface area (Å²) < 4.78 is 0. The molecule has 0 atom stereocenters. The predicted molar refractivity (Wildman–Crippen MR) is 54.7 cm³/mol. The normalized spacial score (nSPS) is 8.80. The minimum Gasteiger partial charge on any atom is -0.181 e. The third-order valence-corrected chi connectivity index (χ3v) is 1.19. The Labute approximate surface area is 72.8 Å². The number of allylic oxidation sites excluding steroid dienone is 1. The maximum atomic E-state index is 4.78. The van der Waals surface area contributed by atoms with Crippen molar-refractivity contribution in [3.05, 3.63) is 12.7 Å². The molecule has 0 saturated heterocycles. The van der Waals surface area contributed by atoms with E-state index in [0.717, 1.165) is 15.5 Å². The van der Waals surface area contributed by atoms with Gasteiger partial charge < -0.3 is 0 Å². The van der Waals surface area contributed by atoms with Crippen LogP contribution in [0.3, 0.4) is 0 Å². The van der Waals surface area contributed by atoms with Crippen LogP contribution in [0.25, 0.3) is 0 Å². The summed E-state index contributed by atoms with van der Waals surface area (Å²) >= 11 is 4.78. The lowest BCUT2D eigenvalue weighted by atomic mass is 10.1. The van der Waals surface area contributed by atoms with Gasteiger partial charge in [0, 0.05) is 0 Å². The van der Waals surface area contributed by atoms with Crippen LogP contribution < -0.4 is 0 Å². The first-order valence-corrected chi connectivity index (χ1v) is 6.78. The zero-order valence-electron chi connectivity index (χ0n) is 7.36. The molecule has 0 bridgehead atoms.